The van der Waals surface area contributed by atoms with Crippen molar-refractivity contribution < 1.29 is 4.92 Å². The summed E-state index contributed by atoms with van der Waals surface area (Å²) in [6.07, 6.45) is 1.97. The minimum atomic E-state index is -0.379. The van der Waals surface area contributed by atoms with E-state index in [4.69, 9.17) is 0 Å². The van der Waals surface area contributed by atoms with Gasteiger partial charge >= 0.3 is 0 Å². The van der Waals surface area contributed by atoms with E-state index in [2.05, 4.69) is 17.1 Å². The van der Waals surface area contributed by atoms with Gasteiger partial charge in [0.25, 0.3) is 5.69 Å². The van der Waals surface area contributed by atoms with Crippen molar-refractivity contribution in [3.63, 3.8) is 0 Å². The lowest BCUT2D eigenvalue weighted by Crippen LogP contribution is -1.86. The first-order valence-corrected chi connectivity index (χ1v) is 7.29. The number of non-ortho nitro benzene ring substituents is 1. The van der Waals surface area contributed by atoms with E-state index in [0.717, 1.165) is 16.6 Å². The molecular weight excluding hydrogens is 284 g/mol. The van der Waals surface area contributed by atoms with Crippen LogP contribution in [0, 0.1) is 10.1 Å². The maximum atomic E-state index is 10.7. The average molecular weight is 294 g/mol. The number of nitro benzene ring substituents is 1. The normalized spacial score (nSPS) is 11.2. The number of fused-ring (bicyclic) bond motifs is 3. The number of aromatic nitrogens is 1. The van der Waals surface area contributed by atoms with Gasteiger partial charge in [0.15, 0.2) is 0 Å². The topological polar surface area (TPSA) is 58.9 Å². The highest BCUT2D eigenvalue weighted by Crippen LogP contribution is 2.39. The predicted molar refractivity (Wildman–Crippen MR) is 85.8 cm³/mol. The summed E-state index contributed by atoms with van der Waals surface area (Å²) in [7, 11) is 0. The summed E-state index contributed by atoms with van der Waals surface area (Å²) in [5, 5.41) is 11.9. The van der Waals surface area contributed by atoms with Gasteiger partial charge in [-0.15, -0.1) is 11.3 Å². The van der Waals surface area contributed by atoms with Gasteiger partial charge in [0.05, 0.1) is 15.1 Å². The summed E-state index contributed by atoms with van der Waals surface area (Å²) >= 11 is 1.74. The van der Waals surface area contributed by atoms with Crippen LogP contribution in [0.2, 0.25) is 0 Å². The number of aromatic amines is 1. The smallest absolute Gasteiger partial charge is 0.269 e. The highest BCUT2D eigenvalue weighted by Gasteiger charge is 2.13. The fourth-order valence-electron chi connectivity index (χ4n) is 2.57. The molecule has 0 unspecified atom stereocenters. The predicted octanol–water partition coefficient (Wildman–Crippen LogP) is 4.96. The molecule has 0 saturated carbocycles. The molecule has 102 valence electrons. The molecule has 5 heteroatoms. The number of hydrogen-bond donors (Lipinski definition) is 1. The molecule has 0 radical (unpaired) electrons. The number of H-pyrrole nitrogens is 1. The molecule has 0 atom stereocenters. The Morgan fingerprint density at radius 2 is 1.81 bits per heavy atom. The van der Waals surface area contributed by atoms with Crippen molar-refractivity contribution in [3.8, 4) is 11.1 Å². The Labute approximate surface area is 123 Å². The Bertz CT molecular complexity index is 967. The monoisotopic (exact) mass is 294 g/mol. The second-order valence-electron chi connectivity index (χ2n) is 4.81. The molecule has 0 fully saturated rings. The number of nitro groups is 1. The summed E-state index contributed by atoms with van der Waals surface area (Å²) in [6.45, 7) is 0. The van der Waals surface area contributed by atoms with Gasteiger partial charge in [-0.2, -0.15) is 0 Å². The van der Waals surface area contributed by atoms with Crippen LogP contribution in [0.1, 0.15) is 0 Å². The first-order chi connectivity index (χ1) is 10.2. The number of hydrogen-bond acceptors (Lipinski definition) is 3. The van der Waals surface area contributed by atoms with Gasteiger partial charge in [0.2, 0.25) is 0 Å². The fraction of sp³-hybridized carbons (Fsp3) is 0. The van der Waals surface area contributed by atoms with E-state index in [-0.39, 0.29) is 10.6 Å². The first kappa shape index (κ1) is 12.1. The molecule has 4 rings (SSSR count). The third kappa shape index (κ3) is 1.82. The van der Waals surface area contributed by atoms with Gasteiger partial charge in [0.1, 0.15) is 0 Å². The number of nitrogens with zero attached hydrogens (tertiary/aromatic N) is 1. The summed E-state index contributed by atoms with van der Waals surface area (Å²) in [5.41, 5.74) is 3.31. The molecule has 0 aliphatic rings. The molecule has 2 heterocycles. The van der Waals surface area contributed by atoms with Crippen LogP contribution < -0.4 is 0 Å². The quantitative estimate of drug-likeness (QED) is 0.419. The number of thiophene rings is 1. The zero-order valence-corrected chi connectivity index (χ0v) is 11.7. The average Bonchev–Trinajstić information content (AvgIpc) is 3.06. The van der Waals surface area contributed by atoms with E-state index in [1.165, 1.54) is 14.8 Å². The first-order valence-electron chi connectivity index (χ1n) is 6.47. The maximum absolute atomic E-state index is 10.7. The van der Waals surface area contributed by atoms with E-state index in [1.807, 2.05) is 18.3 Å². The zero-order chi connectivity index (χ0) is 14.4. The van der Waals surface area contributed by atoms with Crippen LogP contribution in [0.15, 0.2) is 54.7 Å². The Kier molecular flexibility index (Phi) is 2.55. The molecule has 4 nitrogen and oxygen atoms in total. The second kappa shape index (κ2) is 4.43. The van der Waals surface area contributed by atoms with Crippen LogP contribution in [0.25, 0.3) is 31.4 Å². The van der Waals surface area contributed by atoms with Crippen molar-refractivity contribution in [3.05, 3.63) is 64.8 Å². The Hall–Kier alpha value is -2.66. The van der Waals surface area contributed by atoms with Gasteiger partial charge in [-0.05, 0) is 23.8 Å². The molecule has 0 bridgehead atoms. The molecule has 2 aromatic heterocycles. The molecule has 0 aliphatic heterocycles. The minimum Gasteiger partial charge on any atom is -0.359 e. The van der Waals surface area contributed by atoms with E-state index >= 15 is 0 Å². The van der Waals surface area contributed by atoms with Crippen LogP contribution in [0.5, 0.6) is 0 Å². The van der Waals surface area contributed by atoms with E-state index in [1.54, 1.807) is 35.6 Å². The number of nitrogens with one attached hydrogen (secondary N) is 1. The van der Waals surface area contributed by atoms with Gasteiger partial charge < -0.3 is 4.98 Å². The molecule has 0 spiro atoms. The van der Waals surface area contributed by atoms with Crippen molar-refractivity contribution in [1.82, 2.24) is 4.98 Å². The Morgan fingerprint density at radius 1 is 1.05 bits per heavy atom. The van der Waals surface area contributed by atoms with Crippen LogP contribution in [-0.2, 0) is 0 Å². The van der Waals surface area contributed by atoms with E-state index in [0.29, 0.717) is 0 Å². The lowest BCUT2D eigenvalue weighted by atomic mass is 10.1. The van der Waals surface area contributed by atoms with Gasteiger partial charge in [-0.1, -0.05) is 18.2 Å². The molecule has 21 heavy (non-hydrogen) atoms. The second-order valence-corrected chi connectivity index (χ2v) is 5.86. The third-order valence-electron chi connectivity index (χ3n) is 3.59. The van der Waals surface area contributed by atoms with Crippen LogP contribution >= 0.6 is 11.3 Å². The Morgan fingerprint density at radius 3 is 2.57 bits per heavy atom. The summed E-state index contributed by atoms with van der Waals surface area (Å²) in [4.78, 5) is 13.7. The molecule has 0 saturated heterocycles. The molecule has 0 amide bonds. The molecule has 2 aromatic carbocycles. The van der Waals surface area contributed by atoms with Crippen LogP contribution in [0.3, 0.4) is 0 Å². The van der Waals surface area contributed by atoms with Crippen molar-refractivity contribution in [2.75, 3.05) is 0 Å². The maximum Gasteiger partial charge on any atom is 0.269 e. The lowest BCUT2D eigenvalue weighted by molar-refractivity contribution is -0.384. The van der Waals surface area contributed by atoms with Gasteiger partial charge in [0, 0.05) is 34.0 Å². The number of benzene rings is 2. The standard InChI is InChI=1S/C16H10N2O2S/c19-18(20)11-7-5-10(6-8-11)13-9-17-15-12-3-1-2-4-14(12)21-16(13)15/h1-9,17H. The Balaban J connectivity index is 1.91. The van der Waals surface area contributed by atoms with Crippen molar-refractivity contribution >= 4 is 37.3 Å². The highest BCUT2D eigenvalue weighted by atomic mass is 32.1. The van der Waals surface area contributed by atoms with Crippen LogP contribution in [-0.4, -0.2) is 9.91 Å². The van der Waals surface area contributed by atoms with Crippen molar-refractivity contribution in [2.24, 2.45) is 0 Å². The van der Waals surface area contributed by atoms with Gasteiger partial charge in [-0.3, -0.25) is 10.1 Å². The third-order valence-corrected chi connectivity index (χ3v) is 4.79. The van der Waals surface area contributed by atoms with Gasteiger partial charge in [-0.25, -0.2) is 0 Å². The van der Waals surface area contributed by atoms with Crippen LogP contribution in [0.4, 0.5) is 5.69 Å². The summed E-state index contributed by atoms with van der Waals surface area (Å²) < 4.78 is 2.42. The largest absolute Gasteiger partial charge is 0.359 e. The van der Waals surface area contributed by atoms with E-state index < -0.39 is 0 Å². The lowest BCUT2D eigenvalue weighted by Gasteiger charge is -1.97. The summed E-state index contributed by atoms with van der Waals surface area (Å²) in [6, 6.07) is 14.9. The number of rotatable bonds is 2. The molecular formula is C16H10N2O2S. The SMILES string of the molecule is O=[N+]([O-])c1ccc(-c2c[nH]c3c2sc2ccccc23)cc1. The fourth-order valence-corrected chi connectivity index (χ4v) is 3.77. The summed E-state index contributed by atoms with van der Waals surface area (Å²) in [5.74, 6) is 0. The van der Waals surface area contributed by atoms with Crippen molar-refractivity contribution in [1.29, 1.82) is 0 Å². The zero-order valence-electron chi connectivity index (χ0n) is 10.9. The van der Waals surface area contributed by atoms with E-state index in [9.17, 15) is 10.1 Å². The minimum absolute atomic E-state index is 0.113. The highest BCUT2D eigenvalue weighted by molar-refractivity contribution is 7.26. The molecule has 1 N–H and O–H groups in total. The molecule has 0 aliphatic carbocycles. The van der Waals surface area contributed by atoms with Crippen molar-refractivity contribution in [2.45, 2.75) is 0 Å². The molecule has 4 aromatic rings.